The Balaban J connectivity index is 1.79. The first-order valence-corrected chi connectivity index (χ1v) is 9.46. The van der Waals surface area contributed by atoms with Crippen molar-refractivity contribution in [2.75, 3.05) is 7.11 Å². The van der Waals surface area contributed by atoms with Gasteiger partial charge in [0, 0.05) is 0 Å². The number of hydrogen-bond acceptors (Lipinski definition) is 6. The highest BCUT2D eigenvalue weighted by Gasteiger charge is 2.44. The Kier molecular flexibility index (Phi) is 4.75. The Morgan fingerprint density at radius 1 is 1.21 bits per heavy atom. The predicted molar refractivity (Wildman–Crippen MR) is 103 cm³/mol. The third-order valence-corrected chi connectivity index (χ3v) is 5.50. The summed E-state index contributed by atoms with van der Waals surface area (Å²) in [6, 6.07) is 13.3. The molecule has 4 rings (SSSR count). The third kappa shape index (κ3) is 3.10. The smallest absolute Gasteiger partial charge is 0.290 e. The van der Waals surface area contributed by atoms with Crippen molar-refractivity contribution >= 4 is 23.0 Å². The van der Waals surface area contributed by atoms with Crippen molar-refractivity contribution in [1.82, 2.24) is 4.90 Å². The van der Waals surface area contributed by atoms with Crippen LogP contribution in [0.5, 0.6) is 5.75 Å². The van der Waals surface area contributed by atoms with Gasteiger partial charge in [0.1, 0.15) is 11.5 Å². The molecule has 1 unspecified atom stereocenters. The van der Waals surface area contributed by atoms with Gasteiger partial charge in [0.05, 0.1) is 36.4 Å². The molecule has 0 bridgehead atoms. The second-order valence-electron chi connectivity index (χ2n) is 6.26. The van der Waals surface area contributed by atoms with Crippen molar-refractivity contribution in [3.8, 4) is 5.75 Å². The Hall–Kier alpha value is -3.32. The lowest BCUT2D eigenvalue weighted by molar-refractivity contribution is -0.130. The molecule has 3 heterocycles. The van der Waals surface area contributed by atoms with E-state index >= 15 is 0 Å². The first-order valence-electron chi connectivity index (χ1n) is 8.58. The fourth-order valence-corrected chi connectivity index (χ4v) is 3.97. The Morgan fingerprint density at radius 3 is 2.61 bits per heavy atom. The lowest BCUT2D eigenvalue weighted by Crippen LogP contribution is -2.30. The highest BCUT2D eigenvalue weighted by atomic mass is 32.1. The van der Waals surface area contributed by atoms with Crippen LogP contribution in [-0.4, -0.2) is 28.8 Å². The molecule has 7 heteroatoms. The average molecular weight is 395 g/mol. The van der Waals surface area contributed by atoms with E-state index in [9.17, 15) is 14.7 Å². The van der Waals surface area contributed by atoms with Gasteiger partial charge in [-0.3, -0.25) is 9.59 Å². The number of rotatable bonds is 6. The number of furan rings is 1. The van der Waals surface area contributed by atoms with Crippen LogP contribution in [0.2, 0.25) is 0 Å². The molecule has 0 fully saturated rings. The van der Waals surface area contributed by atoms with Crippen LogP contribution in [0.4, 0.5) is 0 Å². The molecule has 0 spiro atoms. The number of amides is 1. The molecule has 1 atom stereocenters. The predicted octanol–water partition coefficient (Wildman–Crippen LogP) is 4.13. The van der Waals surface area contributed by atoms with Crippen LogP contribution in [0.15, 0.2) is 75.9 Å². The van der Waals surface area contributed by atoms with E-state index in [1.807, 2.05) is 0 Å². The van der Waals surface area contributed by atoms with Crippen molar-refractivity contribution in [3.05, 3.63) is 87.7 Å². The second kappa shape index (κ2) is 7.36. The topological polar surface area (TPSA) is 80.0 Å². The van der Waals surface area contributed by atoms with Crippen LogP contribution >= 0.6 is 11.3 Å². The number of ether oxygens (including phenoxy) is 1. The van der Waals surface area contributed by atoms with Crippen LogP contribution in [-0.2, 0) is 11.3 Å². The third-order valence-electron chi connectivity index (χ3n) is 4.63. The van der Waals surface area contributed by atoms with Crippen molar-refractivity contribution in [2.24, 2.45) is 0 Å². The number of thiophene rings is 1. The van der Waals surface area contributed by atoms with Crippen LogP contribution in [0.3, 0.4) is 0 Å². The molecule has 28 heavy (non-hydrogen) atoms. The molecule has 0 saturated carbocycles. The average Bonchev–Trinajstić information content (AvgIpc) is 3.46. The minimum Gasteiger partial charge on any atom is -0.503 e. The summed E-state index contributed by atoms with van der Waals surface area (Å²) in [5.74, 6) is -0.263. The fourth-order valence-electron chi connectivity index (χ4n) is 3.29. The molecular weight excluding hydrogens is 378 g/mol. The molecule has 3 aromatic rings. The number of aliphatic hydroxyl groups excluding tert-OH is 1. The highest BCUT2D eigenvalue weighted by Crippen LogP contribution is 2.40. The van der Waals surface area contributed by atoms with Gasteiger partial charge >= 0.3 is 0 Å². The number of Topliss-reactive ketones (excluding diaryl/α,β-unsaturated/α-hetero) is 1. The molecule has 1 aliphatic rings. The number of ketones is 1. The molecule has 1 aromatic carbocycles. The van der Waals surface area contributed by atoms with E-state index in [1.54, 1.807) is 61.0 Å². The summed E-state index contributed by atoms with van der Waals surface area (Å²) >= 11 is 1.27. The zero-order valence-corrected chi connectivity index (χ0v) is 15.8. The number of benzene rings is 1. The molecule has 1 N–H and O–H groups in total. The molecule has 1 amide bonds. The first kappa shape index (κ1) is 18.1. The van der Waals surface area contributed by atoms with Crippen molar-refractivity contribution in [2.45, 2.75) is 12.6 Å². The lowest BCUT2D eigenvalue weighted by atomic mass is 9.95. The summed E-state index contributed by atoms with van der Waals surface area (Å²) in [5.41, 5.74) is 0.772. The van der Waals surface area contributed by atoms with Crippen molar-refractivity contribution in [3.63, 3.8) is 0 Å². The van der Waals surface area contributed by atoms with E-state index < -0.39 is 17.7 Å². The monoisotopic (exact) mass is 395 g/mol. The summed E-state index contributed by atoms with van der Waals surface area (Å²) in [4.78, 5) is 27.8. The Morgan fingerprint density at radius 2 is 2.00 bits per heavy atom. The van der Waals surface area contributed by atoms with Gasteiger partial charge in [-0.1, -0.05) is 18.2 Å². The van der Waals surface area contributed by atoms with E-state index in [-0.39, 0.29) is 17.9 Å². The molecule has 142 valence electrons. The van der Waals surface area contributed by atoms with Gasteiger partial charge in [0.25, 0.3) is 5.91 Å². The molecule has 0 saturated heterocycles. The number of methoxy groups -OCH3 is 1. The van der Waals surface area contributed by atoms with Crippen LogP contribution < -0.4 is 4.74 Å². The van der Waals surface area contributed by atoms with Gasteiger partial charge in [-0.25, -0.2) is 0 Å². The minimum atomic E-state index is -0.724. The van der Waals surface area contributed by atoms with Crippen molar-refractivity contribution in [1.29, 1.82) is 0 Å². The summed E-state index contributed by atoms with van der Waals surface area (Å²) in [7, 11) is 1.56. The summed E-state index contributed by atoms with van der Waals surface area (Å²) in [6.45, 7) is 0.133. The van der Waals surface area contributed by atoms with E-state index in [0.717, 1.165) is 0 Å². The number of hydrogen-bond donors (Lipinski definition) is 1. The van der Waals surface area contributed by atoms with Gasteiger partial charge < -0.3 is 19.2 Å². The maximum Gasteiger partial charge on any atom is 0.290 e. The maximum absolute atomic E-state index is 13.1. The molecular formula is C21H17NO5S. The second-order valence-corrected chi connectivity index (χ2v) is 7.20. The standard InChI is InChI=1S/C21H17NO5S/c1-26-14-8-6-13(7-9-14)18-17(19(23)16-5-3-11-28-16)20(24)21(25)22(18)12-15-4-2-10-27-15/h2-11,18,24H,12H2,1H3. The zero-order valence-electron chi connectivity index (χ0n) is 15.0. The van der Waals surface area contributed by atoms with Crippen LogP contribution in [0.1, 0.15) is 27.0 Å². The molecule has 2 aromatic heterocycles. The lowest BCUT2D eigenvalue weighted by Gasteiger charge is -2.26. The van der Waals surface area contributed by atoms with Gasteiger partial charge in [0.15, 0.2) is 5.76 Å². The summed E-state index contributed by atoms with van der Waals surface area (Å²) < 4.78 is 10.6. The number of aliphatic hydroxyl groups is 1. The Labute approximate surface area is 165 Å². The number of carbonyl (C=O) groups is 2. The van der Waals surface area contributed by atoms with E-state index in [1.165, 1.54) is 22.5 Å². The van der Waals surface area contributed by atoms with Crippen LogP contribution in [0, 0.1) is 0 Å². The number of carbonyl (C=O) groups excluding carboxylic acids is 2. The molecule has 0 radical (unpaired) electrons. The van der Waals surface area contributed by atoms with E-state index in [2.05, 4.69) is 0 Å². The minimum absolute atomic E-state index is 0.0733. The Bertz CT molecular complexity index is 1020. The van der Waals surface area contributed by atoms with Gasteiger partial charge in [-0.2, -0.15) is 0 Å². The molecule has 6 nitrogen and oxygen atoms in total. The van der Waals surface area contributed by atoms with Crippen LogP contribution in [0.25, 0.3) is 0 Å². The summed E-state index contributed by atoms with van der Waals surface area (Å²) in [6.07, 6.45) is 1.52. The quantitative estimate of drug-likeness (QED) is 0.635. The van der Waals surface area contributed by atoms with Crippen molar-refractivity contribution < 1.29 is 23.8 Å². The van der Waals surface area contributed by atoms with E-state index in [0.29, 0.717) is 22.0 Å². The highest BCUT2D eigenvalue weighted by molar-refractivity contribution is 7.12. The van der Waals surface area contributed by atoms with Gasteiger partial charge in [-0.05, 0) is 41.3 Å². The van der Waals surface area contributed by atoms with E-state index in [4.69, 9.17) is 9.15 Å². The zero-order chi connectivity index (χ0) is 19.7. The maximum atomic E-state index is 13.1. The van der Waals surface area contributed by atoms with Gasteiger partial charge in [0.2, 0.25) is 5.78 Å². The van der Waals surface area contributed by atoms with Gasteiger partial charge in [-0.15, -0.1) is 11.3 Å². The molecule has 1 aliphatic heterocycles. The SMILES string of the molecule is COc1ccc(C2C(C(=O)c3cccs3)=C(O)C(=O)N2Cc2ccco2)cc1. The normalized spacial score (nSPS) is 16.7. The number of nitrogens with zero attached hydrogens (tertiary/aromatic N) is 1. The largest absolute Gasteiger partial charge is 0.503 e. The fraction of sp³-hybridized carbons (Fsp3) is 0.143. The summed E-state index contributed by atoms with van der Waals surface area (Å²) in [5, 5.41) is 12.4. The molecule has 0 aliphatic carbocycles. The first-order chi connectivity index (χ1) is 13.6.